The van der Waals surface area contributed by atoms with Crippen molar-refractivity contribution in [1.82, 2.24) is 4.90 Å². The van der Waals surface area contributed by atoms with Crippen LogP contribution in [-0.2, 0) is 10.2 Å². The minimum Gasteiger partial charge on any atom is -0.343 e. The van der Waals surface area contributed by atoms with Crippen LogP contribution in [0, 0.1) is 0 Å². The molecule has 0 bridgehead atoms. The van der Waals surface area contributed by atoms with Crippen molar-refractivity contribution >= 4 is 17.7 Å². The van der Waals surface area contributed by atoms with E-state index in [1.807, 2.05) is 4.90 Å². The second kappa shape index (κ2) is 7.05. The Balaban J connectivity index is 2.07. The van der Waals surface area contributed by atoms with Gasteiger partial charge in [0, 0.05) is 0 Å². The van der Waals surface area contributed by atoms with Gasteiger partial charge in [0.2, 0.25) is 5.91 Å². The van der Waals surface area contributed by atoms with Crippen LogP contribution in [0.25, 0.3) is 0 Å². The summed E-state index contributed by atoms with van der Waals surface area (Å²) in [6, 6.07) is 9.37. The lowest BCUT2D eigenvalue weighted by atomic mass is 9.87. The lowest BCUT2D eigenvalue weighted by Gasteiger charge is -2.25. The largest absolute Gasteiger partial charge is 0.343 e. The second-order valence-electron chi connectivity index (χ2n) is 7.39. The lowest BCUT2D eigenvalue weighted by Crippen LogP contribution is -2.89. The summed E-state index contributed by atoms with van der Waals surface area (Å²) >= 11 is 1.75. The molecular formula is C18H29N2OS+. The molecule has 1 aromatic rings. The summed E-state index contributed by atoms with van der Waals surface area (Å²) in [5, 5.41) is 2.47. The number of nitrogens with two attached hydrogens (primary N) is 1. The van der Waals surface area contributed by atoms with E-state index in [1.54, 1.807) is 11.8 Å². The minimum absolute atomic E-state index is 0.170. The Labute approximate surface area is 138 Å². The molecule has 1 fully saturated rings. The molecule has 1 aliphatic rings. The van der Waals surface area contributed by atoms with Crippen LogP contribution in [0.2, 0.25) is 0 Å². The maximum Gasteiger partial charge on any atom is 0.234 e. The van der Waals surface area contributed by atoms with Crippen LogP contribution in [0.5, 0.6) is 0 Å². The van der Waals surface area contributed by atoms with E-state index in [1.165, 1.54) is 11.1 Å². The first-order valence-electron chi connectivity index (χ1n) is 8.14. The number of hydrogen-bond donors (Lipinski definition) is 1. The molecule has 3 nitrogen and oxygen atoms in total. The molecule has 1 atom stereocenters. The Hall–Kier alpha value is -1.00. The van der Waals surface area contributed by atoms with Crippen LogP contribution in [0.15, 0.2) is 24.3 Å². The van der Waals surface area contributed by atoms with Gasteiger partial charge in [-0.2, -0.15) is 0 Å². The zero-order chi connectivity index (χ0) is 16.3. The average Bonchev–Trinajstić information content (AvgIpc) is 2.79. The van der Waals surface area contributed by atoms with Crippen LogP contribution in [0.1, 0.15) is 51.1 Å². The molecule has 4 heteroatoms. The Morgan fingerprint density at radius 2 is 1.91 bits per heavy atom. The van der Waals surface area contributed by atoms with Gasteiger partial charge in [-0.25, -0.2) is 0 Å². The first-order chi connectivity index (χ1) is 10.3. The van der Waals surface area contributed by atoms with E-state index in [4.69, 9.17) is 0 Å². The predicted molar refractivity (Wildman–Crippen MR) is 94.0 cm³/mol. The predicted octanol–water partition coefficient (Wildman–Crippen LogP) is 2.53. The molecule has 0 unspecified atom stereocenters. The maximum absolute atomic E-state index is 12.2. The SMILES string of the molecule is CC(C)[NH2+]CCN1C(=O)CS[C@H]1c1ccc(C(C)(C)C)cc1. The molecular weight excluding hydrogens is 292 g/mol. The van der Waals surface area contributed by atoms with Gasteiger partial charge >= 0.3 is 0 Å². The van der Waals surface area contributed by atoms with Crippen molar-refractivity contribution in [1.29, 1.82) is 0 Å². The molecule has 122 valence electrons. The highest BCUT2D eigenvalue weighted by Crippen LogP contribution is 2.38. The number of carbonyl (C=O) groups excluding carboxylic acids is 1. The van der Waals surface area contributed by atoms with Gasteiger partial charge in [0.15, 0.2) is 0 Å². The number of nitrogens with zero attached hydrogens (tertiary/aromatic N) is 1. The zero-order valence-corrected chi connectivity index (χ0v) is 15.2. The van der Waals surface area contributed by atoms with Gasteiger partial charge in [-0.3, -0.25) is 4.79 Å². The van der Waals surface area contributed by atoms with E-state index in [0.717, 1.165) is 13.1 Å². The molecule has 0 aliphatic carbocycles. The third-order valence-electron chi connectivity index (χ3n) is 4.04. The van der Waals surface area contributed by atoms with Crippen LogP contribution >= 0.6 is 11.8 Å². The summed E-state index contributed by atoms with van der Waals surface area (Å²) in [5.41, 5.74) is 2.75. The van der Waals surface area contributed by atoms with Crippen molar-refractivity contribution in [3.05, 3.63) is 35.4 Å². The smallest absolute Gasteiger partial charge is 0.234 e. The molecule has 2 N–H and O–H groups in total. The van der Waals surface area contributed by atoms with Gasteiger partial charge in [-0.05, 0) is 30.4 Å². The number of rotatable bonds is 5. The van der Waals surface area contributed by atoms with E-state index >= 15 is 0 Å². The number of hydrogen-bond acceptors (Lipinski definition) is 2. The van der Waals surface area contributed by atoms with E-state index in [-0.39, 0.29) is 16.7 Å². The van der Waals surface area contributed by atoms with Crippen molar-refractivity contribution in [2.45, 2.75) is 51.4 Å². The van der Waals surface area contributed by atoms with Gasteiger partial charge in [0.1, 0.15) is 5.37 Å². The number of carbonyl (C=O) groups is 1. The van der Waals surface area contributed by atoms with Crippen LogP contribution in [0.3, 0.4) is 0 Å². The third-order valence-corrected chi connectivity index (χ3v) is 5.29. The highest BCUT2D eigenvalue weighted by Gasteiger charge is 2.32. The van der Waals surface area contributed by atoms with Crippen molar-refractivity contribution in [3.63, 3.8) is 0 Å². The summed E-state index contributed by atoms with van der Waals surface area (Å²) < 4.78 is 0. The normalized spacial score (nSPS) is 19.3. The number of benzene rings is 1. The molecule has 0 saturated carbocycles. The molecule has 0 radical (unpaired) electrons. The Morgan fingerprint density at radius 3 is 2.45 bits per heavy atom. The van der Waals surface area contributed by atoms with Crippen molar-refractivity contribution < 1.29 is 10.1 Å². The molecule has 0 spiro atoms. The van der Waals surface area contributed by atoms with Crippen molar-refractivity contribution in [2.24, 2.45) is 0 Å². The average molecular weight is 322 g/mol. The van der Waals surface area contributed by atoms with Crippen LogP contribution in [0.4, 0.5) is 0 Å². The second-order valence-corrected chi connectivity index (χ2v) is 8.46. The quantitative estimate of drug-likeness (QED) is 0.905. The van der Waals surface area contributed by atoms with Crippen molar-refractivity contribution in [2.75, 3.05) is 18.8 Å². The third kappa shape index (κ3) is 4.26. The number of thioether (sulfide) groups is 1. The highest BCUT2D eigenvalue weighted by atomic mass is 32.2. The van der Waals surface area contributed by atoms with Crippen LogP contribution in [-0.4, -0.2) is 35.7 Å². The van der Waals surface area contributed by atoms with E-state index in [0.29, 0.717) is 11.8 Å². The molecule has 1 heterocycles. The minimum atomic E-state index is 0.170. The van der Waals surface area contributed by atoms with Crippen molar-refractivity contribution in [3.8, 4) is 0 Å². The topological polar surface area (TPSA) is 36.9 Å². The lowest BCUT2D eigenvalue weighted by molar-refractivity contribution is -0.682. The Bertz CT molecular complexity index is 505. The maximum atomic E-state index is 12.2. The monoisotopic (exact) mass is 321 g/mol. The molecule has 1 saturated heterocycles. The Morgan fingerprint density at radius 1 is 1.27 bits per heavy atom. The molecule has 0 aromatic heterocycles. The summed E-state index contributed by atoms with van der Waals surface area (Å²) in [7, 11) is 0. The molecule has 1 amide bonds. The fourth-order valence-corrected chi connectivity index (χ4v) is 3.89. The van der Waals surface area contributed by atoms with Gasteiger partial charge in [0.05, 0.1) is 24.9 Å². The van der Waals surface area contributed by atoms with E-state index in [9.17, 15) is 4.79 Å². The number of amides is 1. The fourth-order valence-electron chi connectivity index (χ4n) is 2.67. The van der Waals surface area contributed by atoms with E-state index < -0.39 is 0 Å². The highest BCUT2D eigenvalue weighted by molar-refractivity contribution is 8.00. The van der Waals surface area contributed by atoms with Gasteiger partial charge in [-0.15, -0.1) is 11.8 Å². The van der Waals surface area contributed by atoms with Gasteiger partial charge in [-0.1, -0.05) is 45.0 Å². The fraction of sp³-hybridized carbons (Fsp3) is 0.611. The van der Waals surface area contributed by atoms with E-state index in [2.05, 4.69) is 64.2 Å². The first-order valence-corrected chi connectivity index (χ1v) is 9.19. The molecule has 1 aromatic carbocycles. The Kier molecular flexibility index (Phi) is 5.56. The summed E-state index contributed by atoms with van der Waals surface area (Å²) in [6.07, 6.45) is 0. The molecule has 22 heavy (non-hydrogen) atoms. The molecule has 2 rings (SSSR count). The van der Waals surface area contributed by atoms with Gasteiger partial charge in [0.25, 0.3) is 0 Å². The molecule has 1 aliphatic heterocycles. The first kappa shape index (κ1) is 17.4. The van der Waals surface area contributed by atoms with Crippen LogP contribution < -0.4 is 5.32 Å². The summed E-state index contributed by atoms with van der Waals surface area (Å²) in [5.74, 6) is 0.875. The standard InChI is InChI=1S/C18H28N2OS/c1-13(2)19-10-11-20-16(21)12-22-17(20)14-6-8-15(9-7-14)18(3,4)5/h6-9,13,17,19H,10-12H2,1-5H3/p+1/t17-/m0/s1. The summed E-state index contributed by atoms with van der Waals surface area (Å²) in [6.45, 7) is 12.8. The number of quaternary nitrogens is 1. The zero-order valence-electron chi connectivity index (χ0n) is 14.4. The summed E-state index contributed by atoms with van der Waals surface area (Å²) in [4.78, 5) is 14.2. The van der Waals surface area contributed by atoms with Gasteiger partial charge < -0.3 is 10.2 Å².